The second-order valence-electron chi connectivity index (χ2n) is 4.05. The number of carbonyl (C=O) groups is 1. The highest BCUT2D eigenvalue weighted by Crippen LogP contribution is 2.20. The molecular formula is C13H14N2O2. The smallest absolute Gasteiger partial charge is 0.325 e. The van der Waals surface area contributed by atoms with Crippen LogP contribution in [-0.2, 0) is 4.79 Å². The molecule has 1 aromatic carbocycles. The van der Waals surface area contributed by atoms with Gasteiger partial charge in [-0.15, -0.1) is 0 Å². The van der Waals surface area contributed by atoms with Crippen molar-refractivity contribution in [2.24, 2.45) is 0 Å². The fraction of sp³-hybridized carbons (Fsp3) is 0.231. The summed E-state index contributed by atoms with van der Waals surface area (Å²) in [6.07, 6.45) is 0. The van der Waals surface area contributed by atoms with Crippen LogP contribution in [0.5, 0.6) is 0 Å². The van der Waals surface area contributed by atoms with Crippen LogP contribution in [0.1, 0.15) is 12.5 Å². The van der Waals surface area contributed by atoms with Crippen molar-refractivity contribution in [3.63, 3.8) is 0 Å². The quantitative estimate of drug-likeness (QED) is 0.850. The number of aliphatic carboxylic acids is 1. The standard InChI is InChI=1S/C13H14N2O2/c1-8-7-12(14-9(2)13(16)17)15-11-6-4-3-5-10(8)11/h3-7,9H,1-2H3,(H,14,15)(H,16,17)/t9-/m0/s1. The van der Waals surface area contributed by atoms with E-state index in [9.17, 15) is 4.79 Å². The third kappa shape index (κ3) is 2.36. The highest BCUT2D eigenvalue weighted by molar-refractivity contribution is 5.84. The number of nitrogens with zero attached hydrogens (tertiary/aromatic N) is 1. The fourth-order valence-corrected chi connectivity index (χ4v) is 1.71. The Kier molecular flexibility index (Phi) is 2.95. The van der Waals surface area contributed by atoms with Gasteiger partial charge >= 0.3 is 5.97 Å². The molecule has 0 unspecified atom stereocenters. The van der Waals surface area contributed by atoms with Gasteiger partial charge in [0.25, 0.3) is 0 Å². The van der Waals surface area contributed by atoms with Gasteiger partial charge in [-0.3, -0.25) is 4.79 Å². The molecule has 0 aliphatic rings. The minimum atomic E-state index is -0.891. The predicted octanol–water partition coefficient (Wildman–Crippen LogP) is 2.43. The summed E-state index contributed by atoms with van der Waals surface area (Å²) in [6.45, 7) is 3.58. The van der Waals surface area contributed by atoms with Crippen molar-refractivity contribution in [2.75, 3.05) is 5.32 Å². The summed E-state index contributed by atoms with van der Waals surface area (Å²) in [5, 5.41) is 12.8. The van der Waals surface area contributed by atoms with Crippen molar-refractivity contribution >= 4 is 22.7 Å². The number of hydrogen-bond acceptors (Lipinski definition) is 3. The molecule has 0 aliphatic carbocycles. The Morgan fingerprint density at radius 1 is 1.41 bits per heavy atom. The van der Waals surface area contributed by atoms with Crippen molar-refractivity contribution in [3.8, 4) is 0 Å². The summed E-state index contributed by atoms with van der Waals surface area (Å²) in [5.41, 5.74) is 1.95. The number of rotatable bonds is 3. The van der Waals surface area contributed by atoms with Crippen LogP contribution in [0.4, 0.5) is 5.82 Å². The second-order valence-corrected chi connectivity index (χ2v) is 4.05. The number of carboxylic acids is 1. The lowest BCUT2D eigenvalue weighted by Crippen LogP contribution is -2.25. The average Bonchev–Trinajstić information content (AvgIpc) is 2.29. The van der Waals surface area contributed by atoms with Crippen LogP contribution in [-0.4, -0.2) is 22.1 Å². The molecule has 0 spiro atoms. The first-order valence-electron chi connectivity index (χ1n) is 5.43. The Balaban J connectivity index is 2.40. The molecule has 0 aliphatic heterocycles. The number of aromatic nitrogens is 1. The molecule has 88 valence electrons. The van der Waals surface area contributed by atoms with Gasteiger partial charge in [0.2, 0.25) is 0 Å². The van der Waals surface area contributed by atoms with E-state index in [-0.39, 0.29) is 0 Å². The summed E-state index contributed by atoms with van der Waals surface area (Å²) in [4.78, 5) is 15.1. The number of para-hydroxylation sites is 1. The van der Waals surface area contributed by atoms with E-state index in [1.54, 1.807) is 6.92 Å². The van der Waals surface area contributed by atoms with Gasteiger partial charge in [0.15, 0.2) is 0 Å². The second kappa shape index (κ2) is 4.41. The van der Waals surface area contributed by atoms with E-state index in [2.05, 4.69) is 10.3 Å². The average molecular weight is 230 g/mol. The van der Waals surface area contributed by atoms with Crippen molar-refractivity contribution in [2.45, 2.75) is 19.9 Å². The molecule has 2 rings (SSSR count). The molecule has 4 heteroatoms. The van der Waals surface area contributed by atoms with Crippen LogP contribution >= 0.6 is 0 Å². The highest BCUT2D eigenvalue weighted by Gasteiger charge is 2.11. The Morgan fingerprint density at radius 2 is 2.12 bits per heavy atom. The van der Waals surface area contributed by atoms with Crippen LogP contribution in [0, 0.1) is 6.92 Å². The zero-order chi connectivity index (χ0) is 12.4. The minimum absolute atomic E-state index is 0.594. The van der Waals surface area contributed by atoms with Crippen LogP contribution in [0.3, 0.4) is 0 Å². The third-order valence-corrected chi connectivity index (χ3v) is 2.66. The largest absolute Gasteiger partial charge is 0.480 e. The maximum atomic E-state index is 10.8. The Bertz CT molecular complexity index is 566. The molecule has 0 bridgehead atoms. The van der Waals surface area contributed by atoms with E-state index in [1.165, 1.54) is 0 Å². The molecular weight excluding hydrogens is 216 g/mol. The molecule has 0 saturated carbocycles. The Hall–Kier alpha value is -2.10. The van der Waals surface area contributed by atoms with Gasteiger partial charge in [-0.1, -0.05) is 18.2 Å². The molecule has 0 amide bonds. The first-order valence-corrected chi connectivity index (χ1v) is 5.43. The SMILES string of the molecule is Cc1cc(N[C@@H](C)C(=O)O)nc2ccccc12. The third-order valence-electron chi connectivity index (χ3n) is 2.66. The number of carboxylic acid groups (broad SMARTS) is 1. The molecule has 0 radical (unpaired) electrons. The number of fused-ring (bicyclic) bond motifs is 1. The molecule has 2 aromatic rings. The van der Waals surface area contributed by atoms with Crippen LogP contribution < -0.4 is 5.32 Å². The van der Waals surface area contributed by atoms with Gasteiger partial charge in [-0.05, 0) is 31.5 Å². The van der Waals surface area contributed by atoms with Gasteiger partial charge < -0.3 is 10.4 Å². The molecule has 0 saturated heterocycles. The van der Waals surface area contributed by atoms with E-state index < -0.39 is 12.0 Å². The molecule has 0 fully saturated rings. The van der Waals surface area contributed by atoms with E-state index >= 15 is 0 Å². The van der Waals surface area contributed by atoms with Gasteiger partial charge in [-0.25, -0.2) is 4.98 Å². The first-order chi connectivity index (χ1) is 8.08. The molecule has 2 N–H and O–H groups in total. The molecule has 17 heavy (non-hydrogen) atoms. The van der Waals surface area contributed by atoms with Gasteiger partial charge in [0.1, 0.15) is 11.9 Å². The van der Waals surface area contributed by atoms with E-state index in [0.717, 1.165) is 16.5 Å². The summed E-state index contributed by atoms with van der Waals surface area (Å²) >= 11 is 0. The summed E-state index contributed by atoms with van der Waals surface area (Å²) < 4.78 is 0. The number of benzene rings is 1. The summed E-state index contributed by atoms with van der Waals surface area (Å²) in [5.74, 6) is -0.297. The van der Waals surface area contributed by atoms with E-state index in [4.69, 9.17) is 5.11 Å². The number of hydrogen-bond donors (Lipinski definition) is 2. The number of pyridine rings is 1. The number of nitrogens with one attached hydrogen (secondary N) is 1. The summed E-state index contributed by atoms with van der Waals surface area (Å²) in [7, 11) is 0. The molecule has 4 nitrogen and oxygen atoms in total. The zero-order valence-corrected chi connectivity index (χ0v) is 9.77. The fourth-order valence-electron chi connectivity index (χ4n) is 1.71. The van der Waals surface area contributed by atoms with Crippen molar-refractivity contribution < 1.29 is 9.90 Å². The zero-order valence-electron chi connectivity index (χ0n) is 9.77. The van der Waals surface area contributed by atoms with E-state index in [1.807, 2.05) is 37.3 Å². The van der Waals surface area contributed by atoms with Crippen molar-refractivity contribution in [1.82, 2.24) is 4.98 Å². The predicted molar refractivity (Wildman–Crippen MR) is 67.2 cm³/mol. The Labute approximate surface area is 99.3 Å². The highest BCUT2D eigenvalue weighted by atomic mass is 16.4. The lowest BCUT2D eigenvalue weighted by atomic mass is 10.1. The summed E-state index contributed by atoms with van der Waals surface area (Å²) in [6, 6.07) is 9.01. The normalized spacial score (nSPS) is 12.4. The van der Waals surface area contributed by atoms with Crippen LogP contribution in [0.15, 0.2) is 30.3 Å². The molecule has 1 atom stereocenters. The lowest BCUT2D eigenvalue weighted by Gasteiger charge is -2.11. The van der Waals surface area contributed by atoms with E-state index in [0.29, 0.717) is 5.82 Å². The van der Waals surface area contributed by atoms with Gasteiger partial charge in [0, 0.05) is 5.39 Å². The monoisotopic (exact) mass is 230 g/mol. The van der Waals surface area contributed by atoms with Gasteiger partial charge in [0.05, 0.1) is 5.52 Å². The molecule has 1 aromatic heterocycles. The minimum Gasteiger partial charge on any atom is -0.480 e. The first kappa shape index (κ1) is 11.4. The van der Waals surface area contributed by atoms with Crippen molar-refractivity contribution in [3.05, 3.63) is 35.9 Å². The van der Waals surface area contributed by atoms with Crippen LogP contribution in [0.25, 0.3) is 10.9 Å². The van der Waals surface area contributed by atoms with Crippen LogP contribution in [0.2, 0.25) is 0 Å². The Morgan fingerprint density at radius 3 is 2.82 bits per heavy atom. The number of aryl methyl sites for hydroxylation is 1. The van der Waals surface area contributed by atoms with Crippen molar-refractivity contribution in [1.29, 1.82) is 0 Å². The number of anilines is 1. The maximum absolute atomic E-state index is 10.8. The van der Waals surface area contributed by atoms with Gasteiger partial charge in [-0.2, -0.15) is 0 Å². The topological polar surface area (TPSA) is 62.2 Å². The lowest BCUT2D eigenvalue weighted by molar-refractivity contribution is -0.137. The molecule has 1 heterocycles. The maximum Gasteiger partial charge on any atom is 0.325 e.